The number of rotatable bonds is 5. The Bertz CT molecular complexity index is 845. The lowest BCUT2D eigenvalue weighted by Gasteiger charge is -2.08. The summed E-state index contributed by atoms with van der Waals surface area (Å²) in [7, 11) is 1.65. The van der Waals surface area contributed by atoms with E-state index in [1.807, 2.05) is 78.9 Å². The molecule has 0 N–H and O–H groups in total. The van der Waals surface area contributed by atoms with Crippen LogP contribution in [0.1, 0.15) is 27.0 Å². The molecule has 0 spiro atoms. The Morgan fingerprint density at radius 3 is 1.71 bits per heavy atom. The van der Waals surface area contributed by atoms with Crippen LogP contribution in [0.3, 0.4) is 0 Å². The molecule has 0 aliphatic rings. The van der Waals surface area contributed by atoms with E-state index in [4.69, 9.17) is 4.74 Å². The average Bonchev–Trinajstić information content (AvgIpc) is 2.68. The summed E-state index contributed by atoms with van der Waals surface area (Å²) in [5.41, 5.74) is 4.30. The summed E-state index contributed by atoms with van der Waals surface area (Å²) in [5, 5.41) is 0. The number of hydrogen-bond acceptors (Lipinski definition) is 2. The van der Waals surface area contributed by atoms with Gasteiger partial charge >= 0.3 is 0 Å². The molecule has 0 atom stereocenters. The molecule has 0 heterocycles. The van der Waals surface area contributed by atoms with Gasteiger partial charge in [0.2, 0.25) is 0 Å². The fourth-order valence-electron chi connectivity index (χ4n) is 2.54. The third-order valence-corrected chi connectivity index (χ3v) is 3.97. The summed E-state index contributed by atoms with van der Waals surface area (Å²) < 4.78 is 5.17. The molecule has 0 fully saturated rings. The fourth-order valence-corrected chi connectivity index (χ4v) is 2.54. The number of carbonyl (C=O) groups excluding carboxylic acids is 1. The predicted molar refractivity (Wildman–Crippen MR) is 97.4 cm³/mol. The van der Waals surface area contributed by atoms with Crippen LogP contribution in [0.4, 0.5) is 0 Å². The van der Waals surface area contributed by atoms with E-state index in [9.17, 15) is 4.79 Å². The average molecular weight is 314 g/mol. The number of methoxy groups -OCH3 is 1. The van der Waals surface area contributed by atoms with Crippen LogP contribution < -0.4 is 4.74 Å². The Morgan fingerprint density at radius 1 is 0.708 bits per heavy atom. The smallest absolute Gasteiger partial charge is 0.193 e. The predicted octanol–water partition coefficient (Wildman–Crippen LogP) is 4.99. The second-order valence-corrected chi connectivity index (χ2v) is 5.48. The first kappa shape index (κ1) is 15.8. The zero-order chi connectivity index (χ0) is 16.9. The van der Waals surface area contributed by atoms with Gasteiger partial charge in [0.05, 0.1) is 7.11 Å². The number of carbonyl (C=O) groups is 1. The largest absolute Gasteiger partial charge is 0.497 e. The van der Waals surface area contributed by atoms with E-state index < -0.39 is 0 Å². The molecule has 2 nitrogen and oxygen atoms in total. The lowest BCUT2D eigenvalue weighted by Crippen LogP contribution is -2.00. The highest BCUT2D eigenvalue weighted by Crippen LogP contribution is 2.24. The number of benzene rings is 3. The van der Waals surface area contributed by atoms with Gasteiger partial charge in [-0.1, -0.05) is 73.3 Å². The van der Waals surface area contributed by atoms with Crippen molar-refractivity contribution in [2.45, 2.75) is 0 Å². The van der Waals surface area contributed by atoms with Crippen molar-refractivity contribution in [3.63, 3.8) is 0 Å². The van der Waals surface area contributed by atoms with E-state index in [0.717, 1.165) is 22.4 Å². The summed E-state index contributed by atoms with van der Waals surface area (Å²) in [6, 6.07) is 24.6. The van der Waals surface area contributed by atoms with E-state index in [1.165, 1.54) is 0 Å². The van der Waals surface area contributed by atoms with Gasteiger partial charge in [0.25, 0.3) is 0 Å². The SMILES string of the molecule is C=C(c1ccc(OC)cc1)c1ccc(C(=O)c2ccccc2)cc1. The topological polar surface area (TPSA) is 26.3 Å². The van der Waals surface area contributed by atoms with Gasteiger partial charge in [0.1, 0.15) is 5.75 Å². The minimum absolute atomic E-state index is 0.0252. The van der Waals surface area contributed by atoms with Gasteiger partial charge in [0, 0.05) is 11.1 Å². The molecule has 3 rings (SSSR count). The Labute approximate surface area is 142 Å². The van der Waals surface area contributed by atoms with Gasteiger partial charge in [-0.15, -0.1) is 0 Å². The highest BCUT2D eigenvalue weighted by atomic mass is 16.5. The molecule has 2 heteroatoms. The Kier molecular flexibility index (Phi) is 4.57. The lowest BCUT2D eigenvalue weighted by atomic mass is 9.96. The summed E-state index contributed by atoms with van der Waals surface area (Å²) in [5.74, 6) is 0.840. The van der Waals surface area contributed by atoms with Gasteiger partial charge < -0.3 is 4.74 Å². The summed E-state index contributed by atoms with van der Waals surface area (Å²) in [6.45, 7) is 4.16. The number of ether oxygens (including phenoxy) is 1. The zero-order valence-corrected chi connectivity index (χ0v) is 13.5. The minimum atomic E-state index is 0.0252. The Balaban J connectivity index is 1.81. The second kappa shape index (κ2) is 6.97. The molecule has 0 amide bonds. The molecule has 3 aromatic rings. The van der Waals surface area contributed by atoms with Crippen molar-refractivity contribution < 1.29 is 9.53 Å². The van der Waals surface area contributed by atoms with Crippen LogP contribution in [0.5, 0.6) is 5.75 Å². The van der Waals surface area contributed by atoms with Crippen LogP contribution >= 0.6 is 0 Å². The van der Waals surface area contributed by atoms with E-state index in [0.29, 0.717) is 11.1 Å². The van der Waals surface area contributed by atoms with Gasteiger partial charge in [-0.2, -0.15) is 0 Å². The van der Waals surface area contributed by atoms with E-state index in [1.54, 1.807) is 7.11 Å². The van der Waals surface area contributed by atoms with Crippen molar-refractivity contribution in [2.75, 3.05) is 7.11 Å². The molecule has 118 valence electrons. The highest BCUT2D eigenvalue weighted by Gasteiger charge is 2.09. The van der Waals surface area contributed by atoms with Gasteiger partial charge in [-0.25, -0.2) is 0 Å². The molecule has 0 saturated carbocycles. The maximum absolute atomic E-state index is 12.4. The van der Waals surface area contributed by atoms with Crippen molar-refractivity contribution in [1.29, 1.82) is 0 Å². The quantitative estimate of drug-likeness (QED) is 0.620. The second-order valence-electron chi connectivity index (χ2n) is 5.48. The molecule has 0 aromatic heterocycles. The van der Waals surface area contributed by atoms with Gasteiger partial charge in [0.15, 0.2) is 5.78 Å². The van der Waals surface area contributed by atoms with Gasteiger partial charge in [-0.3, -0.25) is 4.79 Å². The summed E-state index contributed by atoms with van der Waals surface area (Å²) in [4.78, 5) is 12.4. The van der Waals surface area contributed by atoms with Crippen molar-refractivity contribution >= 4 is 11.4 Å². The third-order valence-electron chi connectivity index (χ3n) is 3.97. The molecule has 0 bridgehead atoms. The molecular formula is C22H18O2. The normalized spacial score (nSPS) is 10.2. The van der Waals surface area contributed by atoms with Crippen LogP contribution in [0.2, 0.25) is 0 Å². The molecule has 24 heavy (non-hydrogen) atoms. The Morgan fingerprint density at radius 2 is 1.17 bits per heavy atom. The van der Waals surface area contributed by atoms with Crippen LogP contribution in [0.15, 0.2) is 85.4 Å². The highest BCUT2D eigenvalue weighted by molar-refractivity contribution is 6.09. The molecule has 0 aliphatic carbocycles. The van der Waals surface area contributed by atoms with Crippen molar-refractivity contribution in [3.8, 4) is 5.75 Å². The van der Waals surface area contributed by atoms with E-state index in [-0.39, 0.29) is 5.78 Å². The van der Waals surface area contributed by atoms with Crippen LogP contribution in [-0.2, 0) is 0 Å². The van der Waals surface area contributed by atoms with Gasteiger partial charge in [-0.05, 0) is 28.8 Å². The molecule has 0 unspecified atom stereocenters. The first-order valence-electron chi connectivity index (χ1n) is 7.72. The fraction of sp³-hybridized carbons (Fsp3) is 0.0455. The molecular weight excluding hydrogens is 296 g/mol. The monoisotopic (exact) mass is 314 g/mol. The zero-order valence-electron chi connectivity index (χ0n) is 13.5. The standard InChI is InChI=1S/C22H18O2/c1-16(18-12-14-21(24-2)15-13-18)17-8-10-20(11-9-17)22(23)19-6-4-3-5-7-19/h3-15H,1H2,2H3. The van der Waals surface area contributed by atoms with E-state index >= 15 is 0 Å². The van der Waals surface area contributed by atoms with Crippen molar-refractivity contribution in [3.05, 3.63) is 108 Å². The number of hydrogen-bond donors (Lipinski definition) is 0. The molecule has 0 radical (unpaired) electrons. The Hall–Kier alpha value is -3.13. The minimum Gasteiger partial charge on any atom is -0.497 e. The summed E-state index contributed by atoms with van der Waals surface area (Å²) in [6.07, 6.45) is 0. The molecule has 0 aliphatic heterocycles. The lowest BCUT2D eigenvalue weighted by molar-refractivity contribution is 0.103. The number of ketones is 1. The molecule has 3 aromatic carbocycles. The maximum Gasteiger partial charge on any atom is 0.193 e. The third kappa shape index (κ3) is 3.28. The first-order chi connectivity index (χ1) is 11.7. The summed E-state index contributed by atoms with van der Waals surface area (Å²) >= 11 is 0. The van der Waals surface area contributed by atoms with Crippen molar-refractivity contribution in [1.82, 2.24) is 0 Å². The van der Waals surface area contributed by atoms with Crippen LogP contribution in [-0.4, -0.2) is 12.9 Å². The van der Waals surface area contributed by atoms with Crippen LogP contribution in [0, 0.1) is 0 Å². The maximum atomic E-state index is 12.4. The van der Waals surface area contributed by atoms with Crippen molar-refractivity contribution in [2.24, 2.45) is 0 Å². The molecule has 0 saturated heterocycles. The van der Waals surface area contributed by atoms with Crippen LogP contribution in [0.25, 0.3) is 5.57 Å². The van der Waals surface area contributed by atoms with E-state index in [2.05, 4.69) is 6.58 Å². The first-order valence-corrected chi connectivity index (χ1v) is 7.72.